The van der Waals surface area contributed by atoms with E-state index in [9.17, 15) is 9.59 Å². The summed E-state index contributed by atoms with van der Waals surface area (Å²) in [7, 11) is 0. The van der Waals surface area contributed by atoms with Crippen molar-refractivity contribution in [3.8, 4) is 0 Å². The highest BCUT2D eigenvalue weighted by molar-refractivity contribution is 5.98. The third-order valence-corrected chi connectivity index (χ3v) is 6.38. The van der Waals surface area contributed by atoms with E-state index >= 15 is 0 Å². The van der Waals surface area contributed by atoms with Gasteiger partial charge in [0.15, 0.2) is 0 Å². The molecule has 2 saturated carbocycles. The SMILES string of the molecule is O=C(NCC1(N2CCOCC2)CCCCC1)c1cccc(NC(=O)C2CC2)c1. The van der Waals surface area contributed by atoms with Crippen molar-refractivity contribution in [2.24, 2.45) is 5.92 Å². The van der Waals surface area contributed by atoms with Gasteiger partial charge in [0.25, 0.3) is 5.91 Å². The first-order valence-electron chi connectivity index (χ1n) is 10.7. The highest BCUT2D eigenvalue weighted by Gasteiger charge is 2.38. The summed E-state index contributed by atoms with van der Waals surface area (Å²) >= 11 is 0. The minimum absolute atomic E-state index is 0.0511. The molecule has 0 radical (unpaired) electrons. The Balaban J connectivity index is 1.39. The molecule has 6 heteroatoms. The fourth-order valence-electron chi connectivity index (χ4n) is 4.53. The van der Waals surface area contributed by atoms with Crippen LogP contribution in [0.15, 0.2) is 24.3 Å². The highest BCUT2D eigenvalue weighted by atomic mass is 16.5. The van der Waals surface area contributed by atoms with Crippen LogP contribution in [-0.2, 0) is 9.53 Å². The smallest absolute Gasteiger partial charge is 0.251 e. The molecule has 1 aromatic carbocycles. The lowest BCUT2D eigenvalue weighted by molar-refractivity contribution is -0.117. The zero-order valence-electron chi connectivity index (χ0n) is 16.5. The molecule has 0 atom stereocenters. The Morgan fingerprint density at radius 1 is 1.11 bits per heavy atom. The van der Waals surface area contributed by atoms with Gasteiger partial charge >= 0.3 is 0 Å². The van der Waals surface area contributed by atoms with E-state index in [1.807, 2.05) is 18.2 Å². The number of carbonyl (C=O) groups is 2. The molecule has 1 heterocycles. The lowest BCUT2D eigenvalue weighted by atomic mass is 9.79. The molecule has 0 spiro atoms. The Kier molecular flexibility index (Phi) is 5.97. The summed E-state index contributed by atoms with van der Waals surface area (Å²) < 4.78 is 5.53. The number of rotatable bonds is 6. The maximum atomic E-state index is 12.8. The summed E-state index contributed by atoms with van der Waals surface area (Å²) in [6, 6.07) is 7.26. The largest absolute Gasteiger partial charge is 0.379 e. The van der Waals surface area contributed by atoms with Crippen molar-refractivity contribution >= 4 is 17.5 Å². The van der Waals surface area contributed by atoms with Crippen molar-refractivity contribution in [2.75, 3.05) is 38.2 Å². The zero-order valence-corrected chi connectivity index (χ0v) is 16.5. The average molecular weight is 386 g/mol. The highest BCUT2D eigenvalue weighted by Crippen LogP contribution is 2.34. The minimum Gasteiger partial charge on any atom is -0.379 e. The van der Waals surface area contributed by atoms with Crippen molar-refractivity contribution in [3.63, 3.8) is 0 Å². The Bertz CT molecular complexity index is 705. The monoisotopic (exact) mass is 385 g/mol. The first-order valence-corrected chi connectivity index (χ1v) is 10.7. The molecule has 1 aromatic rings. The molecule has 2 aliphatic carbocycles. The molecular weight excluding hydrogens is 354 g/mol. The van der Waals surface area contributed by atoms with Crippen LogP contribution in [0.25, 0.3) is 0 Å². The predicted molar refractivity (Wildman–Crippen MR) is 108 cm³/mol. The fourth-order valence-corrected chi connectivity index (χ4v) is 4.53. The molecule has 4 rings (SSSR count). The van der Waals surface area contributed by atoms with Gasteiger partial charge in [0.2, 0.25) is 5.91 Å². The molecule has 28 heavy (non-hydrogen) atoms. The molecule has 2 amide bonds. The Morgan fingerprint density at radius 3 is 2.57 bits per heavy atom. The number of ether oxygens (including phenoxy) is 1. The third kappa shape index (κ3) is 4.55. The molecule has 1 aliphatic heterocycles. The van der Waals surface area contributed by atoms with Gasteiger partial charge in [0, 0.05) is 42.3 Å². The maximum Gasteiger partial charge on any atom is 0.251 e. The number of anilines is 1. The molecule has 0 unspecified atom stereocenters. The summed E-state index contributed by atoms with van der Waals surface area (Å²) in [5.74, 6) is 0.143. The van der Waals surface area contributed by atoms with Crippen LogP contribution in [0, 0.1) is 5.92 Å². The topological polar surface area (TPSA) is 70.7 Å². The van der Waals surface area contributed by atoms with Crippen molar-refractivity contribution in [2.45, 2.75) is 50.5 Å². The molecule has 0 bridgehead atoms. The second-order valence-corrected chi connectivity index (χ2v) is 8.41. The molecule has 3 fully saturated rings. The summed E-state index contributed by atoms with van der Waals surface area (Å²) in [5, 5.41) is 6.11. The van der Waals surface area contributed by atoms with Crippen molar-refractivity contribution < 1.29 is 14.3 Å². The summed E-state index contributed by atoms with van der Waals surface area (Å²) in [6.07, 6.45) is 7.91. The first-order chi connectivity index (χ1) is 13.7. The van der Waals surface area contributed by atoms with Crippen LogP contribution in [0.1, 0.15) is 55.3 Å². The molecule has 152 valence electrons. The number of amides is 2. The second-order valence-electron chi connectivity index (χ2n) is 8.41. The molecule has 3 aliphatic rings. The average Bonchev–Trinajstić information content (AvgIpc) is 3.59. The van der Waals surface area contributed by atoms with Crippen LogP contribution in [0.2, 0.25) is 0 Å². The zero-order chi connectivity index (χ0) is 19.4. The number of nitrogens with zero attached hydrogens (tertiary/aromatic N) is 1. The Morgan fingerprint density at radius 2 is 1.86 bits per heavy atom. The van der Waals surface area contributed by atoms with E-state index < -0.39 is 0 Å². The Hall–Kier alpha value is -1.92. The number of morpholine rings is 1. The second kappa shape index (κ2) is 8.62. The Labute approximate surface area is 167 Å². The lowest BCUT2D eigenvalue weighted by Gasteiger charge is -2.48. The van der Waals surface area contributed by atoms with E-state index in [2.05, 4.69) is 15.5 Å². The van der Waals surface area contributed by atoms with Crippen LogP contribution in [0.5, 0.6) is 0 Å². The van der Waals surface area contributed by atoms with E-state index in [-0.39, 0.29) is 23.3 Å². The van der Waals surface area contributed by atoms with Crippen molar-refractivity contribution in [1.82, 2.24) is 10.2 Å². The first kappa shape index (κ1) is 19.4. The number of hydrogen-bond donors (Lipinski definition) is 2. The quantitative estimate of drug-likeness (QED) is 0.790. The van der Waals surface area contributed by atoms with E-state index in [1.165, 1.54) is 19.3 Å². The van der Waals surface area contributed by atoms with Gasteiger partial charge in [0.05, 0.1) is 13.2 Å². The lowest BCUT2D eigenvalue weighted by Crippen LogP contribution is -2.59. The summed E-state index contributed by atoms with van der Waals surface area (Å²) in [4.78, 5) is 27.3. The van der Waals surface area contributed by atoms with E-state index in [0.29, 0.717) is 17.8 Å². The predicted octanol–water partition coefficient (Wildman–Crippen LogP) is 2.80. The van der Waals surface area contributed by atoms with Gasteiger partial charge in [-0.3, -0.25) is 14.5 Å². The molecule has 6 nitrogen and oxygen atoms in total. The number of hydrogen-bond acceptors (Lipinski definition) is 4. The number of benzene rings is 1. The summed E-state index contributed by atoms with van der Waals surface area (Å²) in [6.45, 7) is 4.11. The molecule has 2 N–H and O–H groups in total. The van der Waals surface area contributed by atoms with Gasteiger partial charge in [-0.2, -0.15) is 0 Å². The van der Waals surface area contributed by atoms with E-state index in [1.54, 1.807) is 6.07 Å². The van der Waals surface area contributed by atoms with Gasteiger partial charge in [-0.1, -0.05) is 25.3 Å². The fraction of sp³-hybridized carbons (Fsp3) is 0.636. The van der Waals surface area contributed by atoms with Gasteiger partial charge < -0.3 is 15.4 Å². The van der Waals surface area contributed by atoms with Gasteiger partial charge in [-0.25, -0.2) is 0 Å². The van der Waals surface area contributed by atoms with Crippen LogP contribution < -0.4 is 10.6 Å². The van der Waals surface area contributed by atoms with Crippen LogP contribution in [0.3, 0.4) is 0 Å². The van der Waals surface area contributed by atoms with Crippen LogP contribution in [-0.4, -0.2) is 55.1 Å². The number of carbonyl (C=O) groups excluding carboxylic acids is 2. The van der Waals surface area contributed by atoms with Crippen LogP contribution in [0.4, 0.5) is 5.69 Å². The number of nitrogens with one attached hydrogen (secondary N) is 2. The van der Waals surface area contributed by atoms with Gasteiger partial charge in [-0.15, -0.1) is 0 Å². The third-order valence-electron chi connectivity index (χ3n) is 6.38. The summed E-state index contributed by atoms with van der Waals surface area (Å²) in [5.41, 5.74) is 1.35. The van der Waals surface area contributed by atoms with E-state index in [4.69, 9.17) is 4.74 Å². The standard InChI is InChI=1S/C22H31N3O3/c26-20(18-5-4-6-19(15-18)24-21(27)17-7-8-17)23-16-22(9-2-1-3-10-22)25-11-13-28-14-12-25/h4-6,15,17H,1-3,7-14,16H2,(H,23,26)(H,24,27). The normalized spacial score (nSPS) is 22.4. The van der Waals surface area contributed by atoms with Crippen molar-refractivity contribution in [3.05, 3.63) is 29.8 Å². The van der Waals surface area contributed by atoms with E-state index in [0.717, 1.165) is 52.0 Å². The molecule has 0 aromatic heterocycles. The van der Waals surface area contributed by atoms with Gasteiger partial charge in [-0.05, 0) is 43.9 Å². The molecular formula is C22H31N3O3. The minimum atomic E-state index is -0.0688. The molecule has 1 saturated heterocycles. The van der Waals surface area contributed by atoms with Crippen LogP contribution >= 0.6 is 0 Å². The van der Waals surface area contributed by atoms with Gasteiger partial charge in [0.1, 0.15) is 0 Å². The van der Waals surface area contributed by atoms with Crippen molar-refractivity contribution in [1.29, 1.82) is 0 Å². The maximum absolute atomic E-state index is 12.8.